The van der Waals surface area contributed by atoms with Gasteiger partial charge in [0.25, 0.3) is 0 Å². The lowest BCUT2D eigenvalue weighted by Gasteiger charge is -2.13. The number of benzene rings is 1. The van der Waals surface area contributed by atoms with Gasteiger partial charge in [-0.2, -0.15) is 0 Å². The van der Waals surface area contributed by atoms with E-state index in [4.69, 9.17) is 9.47 Å². The van der Waals surface area contributed by atoms with Gasteiger partial charge in [0.15, 0.2) is 5.96 Å². The Hall–Kier alpha value is -1.39. The number of carbonyl (C=O) groups is 1. The van der Waals surface area contributed by atoms with Crippen LogP contribution in [0.4, 0.5) is 5.69 Å². The molecule has 31 heavy (non-hydrogen) atoms. The summed E-state index contributed by atoms with van der Waals surface area (Å²) in [5.74, 6) is 1.17. The molecule has 1 aliphatic rings. The van der Waals surface area contributed by atoms with Crippen LogP contribution < -0.4 is 16.0 Å². The lowest BCUT2D eigenvalue weighted by atomic mass is 10.1. The molecule has 1 aromatic rings. The molecule has 0 aromatic heterocycles. The highest BCUT2D eigenvalue weighted by Gasteiger charge is 2.14. The fourth-order valence-electron chi connectivity index (χ4n) is 3.21. The average Bonchev–Trinajstić information content (AvgIpc) is 3.21. The second kappa shape index (κ2) is 16.3. The topological polar surface area (TPSA) is 84.0 Å². The standard InChI is InChI=1S/C23H38N4O3.HI/c1-4-24-23(25-11-7-12-29-17-21-10-6-13-30-21)26-16-19-8-5-9-20(15-19)27-22(28)14-18(2)3;/h5,8-9,15,18,21H,4,6-7,10-14,16-17H2,1-3H3,(H,27,28)(H2,24,25,26);1H. The van der Waals surface area contributed by atoms with Gasteiger partial charge in [0.2, 0.25) is 5.91 Å². The molecule has 1 heterocycles. The van der Waals surface area contributed by atoms with E-state index in [0.717, 1.165) is 56.2 Å². The number of amides is 1. The molecule has 1 fully saturated rings. The van der Waals surface area contributed by atoms with Gasteiger partial charge in [-0.25, -0.2) is 4.99 Å². The second-order valence-electron chi connectivity index (χ2n) is 8.03. The van der Waals surface area contributed by atoms with Gasteiger partial charge >= 0.3 is 0 Å². The van der Waals surface area contributed by atoms with Crippen molar-refractivity contribution in [3.05, 3.63) is 29.8 Å². The van der Waals surface area contributed by atoms with Crippen molar-refractivity contribution in [3.63, 3.8) is 0 Å². The van der Waals surface area contributed by atoms with Crippen molar-refractivity contribution < 1.29 is 14.3 Å². The Morgan fingerprint density at radius 1 is 1.32 bits per heavy atom. The third-order valence-corrected chi connectivity index (χ3v) is 4.65. The molecule has 0 saturated carbocycles. The second-order valence-corrected chi connectivity index (χ2v) is 8.03. The van der Waals surface area contributed by atoms with Gasteiger partial charge in [0, 0.05) is 38.4 Å². The number of anilines is 1. The number of aliphatic imine (C=N–C) groups is 1. The van der Waals surface area contributed by atoms with E-state index in [-0.39, 0.29) is 36.0 Å². The fraction of sp³-hybridized carbons (Fsp3) is 0.652. The number of guanidine groups is 1. The third kappa shape index (κ3) is 12.3. The maximum atomic E-state index is 12.0. The van der Waals surface area contributed by atoms with E-state index in [2.05, 4.69) is 20.9 Å². The Labute approximate surface area is 204 Å². The van der Waals surface area contributed by atoms with Crippen LogP contribution in [0.25, 0.3) is 0 Å². The number of hydrogen-bond donors (Lipinski definition) is 3. The minimum atomic E-state index is 0. The van der Waals surface area contributed by atoms with Gasteiger partial charge in [-0.15, -0.1) is 24.0 Å². The molecule has 2 rings (SSSR count). The van der Waals surface area contributed by atoms with Gasteiger partial charge in [0.05, 0.1) is 19.3 Å². The van der Waals surface area contributed by atoms with Crippen LogP contribution in [0.3, 0.4) is 0 Å². The van der Waals surface area contributed by atoms with Crippen molar-refractivity contribution in [2.75, 3.05) is 38.2 Å². The van der Waals surface area contributed by atoms with Crippen LogP contribution in [0.1, 0.15) is 52.0 Å². The maximum Gasteiger partial charge on any atom is 0.224 e. The molecule has 1 atom stereocenters. The lowest BCUT2D eigenvalue weighted by molar-refractivity contribution is -0.116. The zero-order valence-corrected chi connectivity index (χ0v) is 21.4. The van der Waals surface area contributed by atoms with Gasteiger partial charge in [-0.1, -0.05) is 26.0 Å². The highest BCUT2D eigenvalue weighted by atomic mass is 127. The van der Waals surface area contributed by atoms with Gasteiger partial charge < -0.3 is 25.4 Å². The molecule has 8 heteroatoms. The minimum Gasteiger partial charge on any atom is -0.379 e. The normalized spacial score (nSPS) is 16.1. The summed E-state index contributed by atoms with van der Waals surface area (Å²) < 4.78 is 11.3. The summed E-state index contributed by atoms with van der Waals surface area (Å²) in [6.45, 7) is 10.5. The smallest absolute Gasteiger partial charge is 0.224 e. The predicted octanol–water partition coefficient (Wildman–Crippen LogP) is 3.93. The summed E-state index contributed by atoms with van der Waals surface area (Å²) in [4.78, 5) is 16.6. The summed E-state index contributed by atoms with van der Waals surface area (Å²) in [6, 6.07) is 7.85. The maximum absolute atomic E-state index is 12.0. The highest BCUT2D eigenvalue weighted by molar-refractivity contribution is 14.0. The number of carbonyl (C=O) groups excluding carboxylic acids is 1. The first-order valence-electron chi connectivity index (χ1n) is 11.2. The van der Waals surface area contributed by atoms with Crippen LogP contribution in [0.2, 0.25) is 0 Å². The number of halogens is 1. The van der Waals surface area contributed by atoms with Crippen molar-refractivity contribution in [2.24, 2.45) is 10.9 Å². The van der Waals surface area contributed by atoms with E-state index in [9.17, 15) is 4.79 Å². The van der Waals surface area contributed by atoms with Crippen molar-refractivity contribution in [1.82, 2.24) is 10.6 Å². The molecule has 0 spiro atoms. The Kier molecular flexibility index (Phi) is 14.5. The average molecular weight is 546 g/mol. The van der Waals surface area contributed by atoms with E-state index in [1.54, 1.807) is 0 Å². The van der Waals surface area contributed by atoms with E-state index < -0.39 is 0 Å². The molecule has 1 unspecified atom stereocenters. The van der Waals surface area contributed by atoms with Crippen LogP contribution in [-0.4, -0.2) is 50.9 Å². The van der Waals surface area contributed by atoms with Crippen LogP contribution in [-0.2, 0) is 20.8 Å². The number of ether oxygens (including phenoxy) is 2. The van der Waals surface area contributed by atoms with Crippen molar-refractivity contribution in [3.8, 4) is 0 Å². The molecule has 1 aromatic carbocycles. The first-order chi connectivity index (χ1) is 14.6. The Morgan fingerprint density at radius 3 is 2.87 bits per heavy atom. The molecule has 0 aliphatic carbocycles. The SMILES string of the molecule is CCNC(=NCc1cccc(NC(=O)CC(C)C)c1)NCCCOCC1CCCO1.I. The van der Waals surface area contributed by atoms with E-state index in [1.165, 1.54) is 0 Å². The fourth-order valence-corrected chi connectivity index (χ4v) is 3.21. The van der Waals surface area contributed by atoms with Crippen LogP contribution >= 0.6 is 24.0 Å². The summed E-state index contributed by atoms with van der Waals surface area (Å²) in [7, 11) is 0. The zero-order valence-electron chi connectivity index (χ0n) is 19.1. The predicted molar refractivity (Wildman–Crippen MR) is 137 cm³/mol. The molecule has 1 amide bonds. The summed E-state index contributed by atoms with van der Waals surface area (Å²) in [6.07, 6.45) is 3.97. The molecule has 176 valence electrons. The summed E-state index contributed by atoms with van der Waals surface area (Å²) >= 11 is 0. The molecular weight excluding hydrogens is 507 g/mol. The van der Waals surface area contributed by atoms with Gasteiger partial charge in [0.1, 0.15) is 0 Å². The number of hydrogen-bond acceptors (Lipinski definition) is 4. The van der Waals surface area contributed by atoms with Crippen LogP contribution in [0, 0.1) is 5.92 Å². The largest absolute Gasteiger partial charge is 0.379 e. The molecule has 7 nitrogen and oxygen atoms in total. The molecule has 1 aliphatic heterocycles. The Bertz CT molecular complexity index is 664. The summed E-state index contributed by atoms with van der Waals surface area (Å²) in [5, 5.41) is 9.57. The van der Waals surface area contributed by atoms with Crippen molar-refractivity contribution >= 4 is 41.5 Å². The first-order valence-corrected chi connectivity index (χ1v) is 11.2. The van der Waals surface area contributed by atoms with E-state index >= 15 is 0 Å². The molecule has 0 radical (unpaired) electrons. The van der Waals surface area contributed by atoms with Crippen molar-refractivity contribution in [1.29, 1.82) is 0 Å². The first kappa shape index (κ1) is 27.6. The van der Waals surface area contributed by atoms with E-state index in [0.29, 0.717) is 32.1 Å². The van der Waals surface area contributed by atoms with Gasteiger partial charge in [-0.05, 0) is 49.8 Å². The number of rotatable bonds is 12. The number of nitrogens with one attached hydrogen (secondary N) is 3. The zero-order chi connectivity index (χ0) is 21.6. The summed E-state index contributed by atoms with van der Waals surface area (Å²) in [5.41, 5.74) is 1.86. The molecule has 1 saturated heterocycles. The number of nitrogens with zero attached hydrogens (tertiary/aromatic N) is 1. The quantitative estimate of drug-likeness (QED) is 0.160. The molecular formula is C23H39IN4O3. The van der Waals surface area contributed by atoms with E-state index in [1.807, 2.05) is 45.0 Å². The van der Waals surface area contributed by atoms with Gasteiger partial charge in [-0.3, -0.25) is 4.79 Å². The molecule has 3 N–H and O–H groups in total. The van der Waals surface area contributed by atoms with Crippen LogP contribution in [0.15, 0.2) is 29.3 Å². The minimum absolute atomic E-state index is 0. The van der Waals surface area contributed by atoms with Crippen LogP contribution in [0.5, 0.6) is 0 Å². The van der Waals surface area contributed by atoms with Crippen molar-refractivity contribution in [2.45, 2.75) is 59.1 Å². The monoisotopic (exact) mass is 546 g/mol. The Morgan fingerprint density at radius 2 is 2.16 bits per heavy atom. The highest BCUT2D eigenvalue weighted by Crippen LogP contribution is 2.13. The molecule has 0 bridgehead atoms. The Balaban J connectivity index is 0.00000480. The lowest BCUT2D eigenvalue weighted by Crippen LogP contribution is -2.38. The third-order valence-electron chi connectivity index (χ3n) is 4.65.